The molecule has 0 aliphatic heterocycles. The number of amides is 1. The first-order valence-electron chi connectivity index (χ1n) is 6.29. The Bertz CT molecular complexity index is 565. The maximum absolute atomic E-state index is 12.0. The van der Waals surface area contributed by atoms with E-state index < -0.39 is 6.04 Å². The van der Waals surface area contributed by atoms with Crippen molar-refractivity contribution in [3.05, 3.63) is 35.0 Å². The Balaban J connectivity index is 1.86. The number of nitrogens with zero attached hydrogens (tertiary/aromatic N) is 3. The Morgan fingerprint density at radius 3 is 2.85 bits per heavy atom. The van der Waals surface area contributed by atoms with Crippen LogP contribution in [0, 0.1) is 0 Å². The number of ketones is 1. The van der Waals surface area contributed by atoms with Gasteiger partial charge in [0.15, 0.2) is 5.78 Å². The Morgan fingerprint density at radius 1 is 1.45 bits per heavy atom. The van der Waals surface area contributed by atoms with Crippen LogP contribution in [0.25, 0.3) is 0 Å². The Morgan fingerprint density at radius 2 is 2.25 bits per heavy atom. The molecule has 0 aromatic carbocycles. The number of carbonyl (C=O) groups is 2. The molecular formula is C13H16N4O2S. The topological polar surface area (TPSA) is 76.9 Å². The summed E-state index contributed by atoms with van der Waals surface area (Å²) in [6, 6.07) is 2.97. The largest absolute Gasteiger partial charge is 0.351 e. The number of aromatic nitrogens is 3. The summed E-state index contributed by atoms with van der Waals surface area (Å²) >= 11 is 1.41. The normalized spacial score (nSPS) is 13.7. The molecule has 1 N–H and O–H groups in total. The monoisotopic (exact) mass is 292 g/mol. The lowest BCUT2D eigenvalue weighted by atomic mass is 10.1. The standard InChI is InChI=1S/C13H16N4O2S/c1-9(6-11(18)12-4-3-5-20-12)16-13(19)10(2)17-8-14-7-15-17/h3-5,7-10H,6H2,1-2H3,(H,16,19)/t9-,10-/m1/s1. The van der Waals surface area contributed by atoms with Crippen LogP contribution in [0.15, 0.2) is 30.2 Å². The van der Waals surface area contributed by atoms with E-state index in [0.717, 1.165) is 4.88 Å². The van der Waals surface area contributed by atoms with Crippen molar-refractivity contribution < 1.29 is 9.59 Å². The van der Waals surface area contributed by atoms with Crippen molar-refractivity contribution in [1.82, 2.24) is 20.1 Å². The highest BCUT2D eigenvalue weighted by atomic mass is 32.1. The molecule has 7 heteroatoms. The maximum Gasteiger partial charge on any atom is 0.244 e. The third-order valence-corrected chi connectivity index (χ3v) is 3.80. The second-order valence-corrected chi connectivity index (χ2v) is 5.51. The van der Waals surface area contributed by atoms with Crippen LogP contribution in [0.3, 0.4) is 0 Å². The van der Waals surface area contributed by atoms with E-state index in [0.29, 0.717) is 0 Å². The molecule has 2 atom stereocenters. The van der Waals surface area contributed by atoms with Crippen LogP contribution in [-0.2, 0) is 4.79 Å². The van der Waals surface area contributed by atoms with Crippen molar-refractivity contribution in [3.63, 3.8) is 0 Å². The van der Waals surface area contributed by atoms with Crippen molar-refractivity contribution in [1.29, 1.82) is 0 Å². The van der Waals surface area contributed by atoms with Crippen LogP contribution in [0.5, 0.6) is 0 Å². The van der Waals surface area contributed by atoms with E-state index in [4.69, 9.17) is 0 Å². The van der Waals surface area contributed by atoms with Crippen LogP contribution < -0.4 is 5.32 Å². The number of carbonyl (C=O) groups excluding carboxylic acids is 2. The predicted octanol–water partition coefficient (Wildman–Crippen LogP) is 1.68. The van der Waals surface area contributed by atoms with Gasteiger partial charge in [0.05, 0.1) is 4.88 Å². The van der Waals surface area contributed by atoms with Gasteiger partial charge in [0.2, 0.25) is 5.91 Å². The minimum atomic E-state index is -0.447. The molecule has 0 radical (unpaired) electrons. The van der Waals surface area contributed by atoms with Gasteiger partial charge in [-0.05, 0) is 25.3 Å². The Labute approximate surface area is 120 Å². The van der Waals surface area contributed by atoms with Crippen LogP contribution in [-0.4, -0.2) is 32.5 Å². The number of hydrogen-bond acceptors (Lipinski definition) is 5. The fourth-order valence-corrected chi connectivity index (χ4v) is 2.44. The SMILES string of the molecule is C[C@H](CC(=O)c1cccs1)NC(=O)[C@@H](C)n1cncn1. The highest BCUT2D eigenvalue weighted by molar-refractivity contribution is 7.12. The zero-order valence-corrected chi connectivity index (χ0v) is 12.1. The fourth-order valence-electron chi connectivity index (χ4n) is 1.77. The van der Waals surface area contributed by atoms with Crippen LogP contribution in [0.2, 0.25) is 0 Å². The van der Waals surface area contributed by atoms with E-state index in [-0.39, 0.29) is 24.2 Å². The van der Waals surface area contributed by atoms with Gasteiger partial charge in [0.1, 0.15) is 18.7 Å². The molecule has 2 heterocycles. The van der Waals surface area contributed by atoms with Gasteiger partial charge in [0, 0.05) is 12.5 Å². The summed E-state index contributed by atoms with van der Waals surface area (Å²) in [5, 5.41) is 8.61. The smallest absolute Gasteiger partial charge is 0.244 e. The van der Waals surface area contributed by atoms with Crippen molar-refractivity contribution in [3.8, 4) is 0 Å². The maximum atomic E-state index is 12.0. The van der Waals surface area contributed by atoms with Crippen molar-refractivity contribution >= 4 is 23.0 Å². The zero-order valence-electron chi connectivity index (χ0n) is 11.3. The van der Waals surface area contributed by atoms with E-state index in [9.17, 15) is 9.59 Å². The number of thiophene rings is 1. The van der Waals surface area contributed by atoms with Crippen molar-refractivity contribution in [2.24, 2.45) is 0 Å². The van der Waals surface area contributed by atoms with Crippen LogP contribution in [0.1, 0.15) is 36.0 Å². The van der Waals surface area contributed by atoms with Gasteiger partial charge in [-0.2, -0.15) is 5.10 Å². The number of nitrogens with one attached hydrogen (secondary N) is 1. The first kappa shape index (κ1) is 14.4. The second-order valence-electron chi connectivity index (χ2n) is 4.57. The molecule has 6 nitrogen and oxygen atoms in total. The molecule has 0 bridgehead atoms. The lowest BCUT2D eigenvalue weighted by Gasteiger charge is -2.16. The van der Waals surface area contributed by atoms with E-state index in [1.54, 1.807) is 13.0 Å². The van der Waals surface area contributed by atoms with Gasteiger partial charge < -0.3 is 5.32 Å². The van der Waals surface area contributed by atoms with E-state index in [1.165, 1.54) is 28.7 Å². The molecular weight excluding hydrogens is 276 g/mol. The average molecular weight is 292 g/mol. The van der Waals surface area contributed by atoms with Gasteiger partial charge in [-0.3, -0.25) is 9.59 Å². The average Bonchev–Trinajstić information content (AvgIpc) is 3.10. The third kappa shape index (κ3) is 3.51. The molecule has 0 fully saturated rings. The first-order valence-corrected chi connectivity index (χ1v) is 7.17. The fraction of sp³-hybridized carbons (Fsp3) is 0.385. The summed E-state index contributed by atoms with van der Waals surface area (Å²) in [5.74, 6) is -0.136. The van der Waals surface area contributed by atoms with Crippen molar-refractivity contribution in [2.75, 3.05) is 0 Å². The minimum Gasteiger partial charge on any atom is -0.351 e. The predicted molar refractivity (Wildman–Crippen MR) is 75.6 cm³/mol. The summed E-state index contributed by atoms with van der Waals surface area (Å²) < 4.78 is 1.48. The summed E-state index contributed by atoms with van der Waals surface area (Å²) in [6.07, 6.45) is 3.16. The second kappa shape index (κ2) is 6.42. The molecule has 0 unspecified atom stereocenters. The van der Waals surface area contributed by atoms with Gasteiger partial charge in [0.25, 0.3) is 0 Å². The van der Waals surface area contributed by atoms with Crippen molar-refractivity contribution in [2.45, 2.75) is 32.4 Å². The molecule has 1 amide bonds. The summed E-state index contributed by atoms with van der Waals surface area (Å²) in [5.41, 5.74) is 0. The Hall–Kier alpha value is -2.02. The molecule has 2 aromatic heterocycles. The third-order valence-electron chi connectivity index (χ3n) is 2.89. The van der Waals surface area contributed by atoms with E-state index >= 15 is 0 Å². The molecule has 0 spiro atoms. The quantitative estimate of drug-likeness (QED) is 0.822. The van der Waals surface area contributed by atoms with E-state index in [2.05, 4.69) is 15.4 Å². The summed E-state index contributed by atoms with van der Waals surface area (Å²) in [7, 11) is 0. The molecule has 2 aromatic rings. The zero-order chi connectivity index (χ0) is 14.5. The molecule has 2 rings (SSSR count). The number of rotatable bonds is 6. The molecule has 106 valence electrons. The van der Waals surface area contributed by atoms with Gasteiger partial charge in [-0.25, -0.2) is 9.67 Å². The minimum absolute atomic E-state index is 0.0428. The number of Topliss-reactive ketones (excluding diaryl/α,β-unsaturated/α-hetero) is 1. The van der Waals surface area contributed by atoms with Crippen LogP contribution >= 0.6 is 11.3 Å². The highest BCUT2D eigenvalue weighted by Gasteiger charge is 2.19. The molecule has 20 heavy (non-hydrogen) atoms. The lowest BCUT2D eigenvalue weighted by Crippen LogP contribution is -2.38. The van der Waals surface area contributed by atoms with Gasteiger partial charge in [-0.15, -0.1) is 11.3 Å². The molecule has 0 saturated heterocycles. The molecule has 0 aliphatic carbocycles. The molecule has 0 aliphatic rings. The summed E-state index contributed by atoms with van der Waals surface area (Å²) in [6.45, 7) is 3.55. The number of hydrogen-bond donors (Lipinski definition) is 1. The first-order chi connectivity index (χ1) is 9.58. The van der Waals surface area contributed by atoms with E-state index in [1.807, 2.05) is 18.4 Å². The summed E-state index contributed by atoms with van der Waals surface area (Å²) in [4.78, 5) is 28.5. The molecule has 0 saturated carbocycles. The Kier molecular flexibility index (Phi) is 4.62. The highest BCUT2D eigenvalue weighted by Crippen LogP contribution is 2.12. The van der Waals surface area contributed by atoms with Gasteiger partial charge in [-0.1, -0.05) is 6.07 Å². The van der Waals surface area contributed by atoms with Crippen LogP contribution in [0.4, 0.5) is 0 Å². The van der Waals surface area contributed by atoms with Gasteiger partial charge >= 0.3 is 0 Å². The lowest BCUT2D eigenvalue weighted by molar-refractivity contribution is -0.124.